The molecule has 274 valence electrons. The SMILES string of the molecule is [B][C@@H]1O[C@H](COC(=O)OCc2ccccc2)C(OP(O)(=S)OC)[C@@H]1CCCNC(=S)CCCCO[C@@H]1O[C@H](CO)[C@H](O)[C@H](O)[C@H]1NC(C)=O. The van der Waals surface area contributed by atoms with E-state index in [1.807, 2.05) is 30.3 Å². The molecule has 0 saturated carbocycles. The number of aliphatic hydroxyl groups excluding tert-OH is 3. The van der Waals surface area contributed by atoms with Crippen molar-refractivity contribution in [3.05, 3.63) is 35.9 Å². The molecule has 1 aromatic carbocycles. The number of aliphatic hydroxyl groups is 3. The Morgan fingerprint density at radius 2 is 1.80 bits per heavy atom. The summed E-state index contributed by atoms with van der Waals surface area (Å²) in [6.07, 6.45) is -4.43. The van der Waals surface area contributed by atoms with Crippen LogP contribution >= 0.6 is 18.9 Å². The highest BCUT2D eigenvalue weighted by molar-refractivity contribution is 8.07. The molecule has 0 bridgehead atoms. The third-order valence-electron chi connectivity index (χ3n) is 7.96. The first-order valence-corrected chi connectivity index (χ1v) is 18.9. The number of amides is 1. The van der Waals surface area contributed by atoms with Crippen molar-refractivity contribution in [3.8, 4) is 0 Å². The number of benzene rings is 1. The molecule has 2 aliphatic rings. The van der Waals surface area contributed by atoms with E-state index in [1.54, 1.807) is 0 Å². The Hall–Kier alpha value is -1.80. The fourth-order valence-electron chi connectivity index (χ4n) is 5.41. The molecule has 2 saturated heterocycles. The Morgan fingerprint density at radius 1 is 1.06 bits per heavy atom. The Kier molecular flexibility index (Phi) is 17.8. The minimum Gasteiger partial charge on any atom is -0.431 e. The van der Waals surface area contributed by atoms with Gasteiger partial charge in [0.25, 0.3) is 0 Å². The van der Waals surface area contributed by atoms with Crippen molar-refractivity contribution in [3.63, 3.8) is 0 Å². The zero-order valence-corrected chi connectivity index (χ0v) is 30.0. The molecule has 2 radical (unpaired) electrons. The number of unbranched alkanes of at least 4 members (excludes halogenated alkanes) is 1. The number of thiocarbonyl (C=S) groups is 1. The van der Waals surface area contributed by atoms with Crippen molar-refractivity contribution in [2.45, 2.75) is 94.5 Å². The van der Waals surface area contributed by atoms with Crippen molar-refractivity contribution in [1.29, 1.82) is 0 Å². The number of hydrogen-bond donors (Lipinski definition) is 6. The van der Waals surface area contributed by atoms with Gasteiger partial charge in [-0.3, -0.25) is 4.79 Å². The second-order valence-electron chi connectivity index (χ2n) is 11.6. The van der Waals surface area contributed by atoms with Crippen LogP contribution in [0.3, 0.4) is 0 Å². The van der Waals surface area contributed by atoms with Gasteiger partial charge in [-0.1, -0.05) is 42.5 Å². The smallest absolute Gasteiger partial charge is 0.431 e. The molecule has 15 nitrogen and oxygen atoms in total. The number of rotatable bonds is 19. The zero-order chi connectivity index (χ0) is 36.0. The normalized spacial score (nSPS) is 29.5. The Morgan fingerprint density at radius 3 is 2.47 bits per heavy atom. The molecule has 49 heavy (non-hydrogen) atoms. The van der Waals surface area contributed by atoms with Gasteiger partial charge < -0.3 is 63.6 Å². The van der Waals surface area contributed by atoms with Crippen LogP contribution in [-0.2, 0) is 55.9 Å². The summed E-state index contributed by atoms with van der Waals surface area (Å²) in [4.78, 5) is 34.8. The largest absolute Gasteiger partial charge is 0.508 e. The van der Waals surface area contributed by atoms with Crippen LogP contribution in [0.4, 0.5) is 4.79 Å². The maximum Gasteiger partial charge on any atom is 0.508 e. The molecule has 1 aromatic rings. The standard InChI is InChI=1S/C30H46BN2O13PS2/c1-18(35)33-24-26(37)25(36)21(15-34)45-29(24)41-14-7-6-12-23(48)32-13-8-11-20-27(46-47(39,49)40-2)22(44-28(20)31)17-43-30(38)42-16-19-9-4-3-5-10-19/h3-5,9-10,20-22,24-29,34,36-37H,6-8,11-17H2,1-2H3,(H,32,48)(H,33,35)(H,39,49)/t20-,21+,22+,24+,25-,26+,27?,28+,29+,47?/m0/s1. The molecule has 0 aliphatic carbocycles. The highest BCUT2D eigenvalue weighted by Crippen LogP contribution is 2.48. The minimum atomic E-state index is -3.61. The Bertz CT molecular complexity index is 1240. The summed E-state index contributed by atoms with van der Waals surface area (Å²) >= 11 is 10.5. The maximum absolute atomic E-state index is 12.2. The lowest BCUT2D eigenvalue weighted by atomic mass is 9.82. The molecular weight excluding hydrogens is 702 g/mol. The molecule has 6 N–H and O–H groups in total. The van der Waals surface area contributed by atoms with Crippen molar-refractivity contribution in [2.24, 2.45) is 5.92 Å². The summed E-state index contributed by atoms with van der Waals surface area (Å²) in [5.74, 6) is -0.832. The van der Waals surface area contributed by atoms with Gasteiger partial charge in [0.15, 0.2) is 6.29 Å². The van der Waals surface area contributed by atoms with E-state index in [-0.39, 0.29) is 19.8 Å². The maximum atomic E-state index is 12.2. The highest BCUT2D eigenvalue weighted by atomic mass is 32.5. The fourth-order valence-corrected chi connectivity index (χ4v) is 6.64. The van der Waals surface area contributed by atoms with Gasteiger partial charge >= 0.3 is 12.9 Å². The van der Waals surface area contributed by atoms with Crippen molar-refractivity contribution >= 4 is 55.6 Å². The summed E-state index contributed by atoms with van der Waals surface area (Å²) in [7, 11) is 7.51. The van der Waals surface area contributed by atoms with E-state index in [2.05, 4.69) is 10.6 Å². The van der Waals surface area contributed by atoms with Crippen LogP contribution in [0, 0.1) is 5.92 Å². The van der Waals surface area contributed by atoms with Crippen LogP contribution in [0.1, 0.15) is 44.6 Å². The Labute approximate surface area is 297 Å². The average Bonchev–Trinajstić information content (AvgIpc) is 3.36. The van der Waals surface area contributed by atoms with Gasteiger partial charge in [0.05, 0.1) is 11.6 Å². The summed E-state index contributed by atoms with van der Waals surface area (Å²) in [5.41, 5.74) is 0.798. The van der Waals surface area contributed by atoms with E-state index >= 15 is 0 Å². The van der Waals surface area contributed by atoms with Crippen LogP contribution in [0.25, 0.3) is 0 Å². The number of nitrogens with one attached hydrogen (secondary N) is 2. The van der Waals surface area contributed by atoms with Crippen LogP contribution in [-0.4, -0.2) is 127 Å². The molecule has 10 atom stereocenters. The lowest BCUT2D eigenvalue weighted by molar-refractivity contribution is -0.270. The third-order valence-corrected chi connectivity index (χ3v) is 9.99. The summed E-state index contributed by atoms with van der Waals surface area (Å²) < 4.78 is 38.2. The number of ether oxygens (including phenoxy) is 5. The lowest BCUT2D eigenvalue weighted by Gasteiger charge is -2.42. The number of carbonyl (C=O) groups excluding carboxylic acids is 2. The van der Waals surface area contributed by atoms with Gasteiger partial charge in [-0.15, -0.1) is 0 Å². The van der Waals surface area contributed by atoms with Crippen LogP contribution in [0.15, 0.2) is 30.3 Å². The minimum absolute atomic E-state index is 0.0371. The molecule has 2 heterocycles. The second-order valence-corrected chi connectivity index (χ2v) is 15.0. The van der Waals surface area contributed by atoms with Gasteiger partial charge in [-0.25, -0.2) is 4.79 Å². The third kappa shape index (κ3) is 13.7. The topological polar surface area (TPSA) is 204 Å². The van der Waals surface area contributed by atoms with Crippen molar-refractivity contribution in [1.82, 2.24) is 10.6 Å². The summed E-state index contributed by atoms with van der Waals surface area (Å²) in [5, 5.41) is 35.7. The van der Waals surface area contributed by atoms with Gasteiger partial charge in [0, 0.05) is 39.1 Å². The predicted octanol–water partition coefficient (Wildman–Crippen LogP) is 0.926. The molecule has 0 spiro atoms. The van der Waals surface area contributed by atoms with E-state index in [1.165, 1.54) is 14.0 Å². The highest BCUT2D eigenvalue weighted by Gasteiger charge is 2.46. The first-order chi connectivity index (χ1) is 23.3. The molecule has 19 heteroatoms. The van der Waals surface area contributed by atoms with Crippen LogP contribution in [0.2, 0.25) is 0 Å². The van der Waals surface area contributed by atoms with E-state index in [9.17, 15) is 29.8 Å². The van der Waals surface area contributed by atoms with E-state index in [0.717, 1.165) is 5.56 Å². The first kappa shape index (κ1) is 41.6. The lowest BCUT2D eigenvalue weighted by Crippen LogP contribution is -2.64. The Balaban J connectivity index is 1.39. The summed E-state index contributed by atoms with van der Waals surface area (Å²) in [6, 6.07) is 7.35. The van der Waals surface area contributed by atoms with Gasteiger partial charge in [0.1, 0.15) is 57.6 Å². The van der Waals surface area contributed by atoms with E-state index in [0.29, 0.717) is 43.6 Å². The van der Waals surface area contributed by atoms with Gasteiger partial charge in [-0.2, -0.15) is 0 Å². The second kappa shape index (κ2) is 20.9. The number of carbonyl (C=O) groups is 2. The van der Waals surface area contributed by atoms with Crippen molar-refractivity contribution < 1.29 is 62.5 Å². The summed E-state index contributed by atoms with van der Waals surface area (Å²) in [6.45, 7) is -2.32. The molecule has 2 unspecified atom stereocenters. The monoisotopic (exact) mass is 748 g/mol. The van der Waals surface area contributed by atoms with Crippen molar-refractivity contribution in [2.75, 3.05) is 33.5 Å². The number of hydrogen-bond acceptors (Lipinski definition) is 14. The van der Waals surface area contributed by atoms with Gasteiger partial charge in [-0.05, 0) is 49.5 Å². The van der Waals surface area contributed by atoms with E-state index < -0.39 is 80.2 Å². The van der Waals surface area contributed by atoms with Crippen LogP contribution < -0.4 is 10.6 Å². The molecular formula is C30H46BN2O13PS2. The average molecular weight is 749 g/mol. The molecule has 3 rings (SSSR count). The molecule has 2 fully saturated rings. The molecule has 2 aliphatic heterocycles. The first-order valence-electron chi connectivity index (χ1n) is 15.9. The van der Waals surface area contributed by atoms with Gasteiger partial charge in [0.2, 0.25) is 5.91 Å². The molecule has 1 amide bonds. The van der Waals surface area contributed by atoms with E-state index in [4.69, 9.17) is 64.6 Å². The quantitative estimate of drug-likeness (QED) is 0.0383. The molecule has 0 aromatic heterocycles. The van der Waals surface area contributed by atoms with Crippen LogP contribution in [0.5, 0.6) is 0 Å². The predicted molar refractivity (Wildman–Crippen MR) is 184 cm³/mol. The fraction of sp³-hybridized carbons (Fsp3) is 0.700. The zero-order valence-electron chi connectivity index (χ0n) is 27.5.